The van der Waals surface area contributed by atoms with E-state index in [2.05, 4.69) is 4.98 Å². The molecule has 0 aliphatic heterocycles. The van der Waals surface area contributed by atoms with Crippen molar-refractivity contribution >= 4 is 28.9 Å². The SMILES string of the molecule is COc1c(C(F)F)cc(C=O)nc1I. The molecule has 6 heteroatoms. The summed E-state index contributed by atoms with van der Waals surface area (Å²) in [6.07, 6.45) is -2.26. The topological polar surface area (TPSA) is 39.2 Å². The summed E-state index contributed by atoms with van der Waals surface area (Å²) < 4.78 is 30.0. The molecule has 0 saturated heterocycles. The number of hydrogen-bond acceptors (Lipinski definition) is 3. The van der Waals surface area contributed by atoms with Crippen LogP contribution in [0.4, 0.5) is 8.78 Å². The number of pyridine rings is 1. The Bertz CT molecular complexity index is 357. The molecule has 3 nitrogen and oxygen atoms in total. The van der Waals surface area contributed by atoms with Gasteiger partial charge in [-0.25, -0.2) is 13.8 Å². The molecule has 0 aliphatic rings. The standard InChI is InChI=1S/C8H6F2INO2/c1-14-6-5(7(9)10)2-4(3-13)12-8(6)11/h2-3,7H,1H3. The third-order valence-electron chi connectivity index (χ3n) is 1.54. The van der Waals surface area contributed by atoms with Crippen molar-refractivity contribution in [2.45, 2.75) is 6.43 Å². The van der Waals surface area contributed by atoms with E-state index in [-0.39, 0.29) is 20.7 Å². The van der Waals surface area contributed by atoms with E-state index in [0.29, 0.717) is 6.29 Å². The third-order valence-corrected chi connectivity index (χ3v) is 2.27. The lowest BCUT2D eigenvalue weighted by Crippen LogP contribution is -2.01. The Labute approximate surface area is 92.6 Å². The van der Waals surface area contributed by atoms with Crippen molar-refractivity contribution in [3.63, 3.8) is 0 Å². The highest BCUT2D eigenvalue weighted by molar-refractivity contribution is 14.1. The Hall–Kier alpha value is -0.790. The zero-order valence-electron chi connectivity index (χ0n) is 7.13. The largest absolute Gasteiger partial charge is 0.493 e. The van der Waals surface area contributed by atoms with Gasteiger partial charge in [-0.2, -0.15) is 0 Å². The zero-order chi connectivity index (χ0) is 10.7. The van der Waals surface area contributed by atoms with E-state index in [1.165, 1.54) is 7.11 Å². The van der Waals surface area contributed by atoms with Gasteiger partial charge in [-0.1, -0.05) is 0 Å². The van der Waals surface area contributed by atoms with E-state index in [9.17, 15) is 13.6 Å². The number of carbonyl (C=O) groups is 1. The second-order valence-electron chi connectivity index (χ2n) is 2.38. The molecule has 0 atom stereocenters. The lowest BCUT2D eigenvalue weighted by molar-refractivity contribution is 0.111. The van der Waals surface area contributed by atoms with Gasteiger partial charge in [0.1, 0.15) is 9.39 Å². The fourth-order valence-corrected chi connectivity index (χ4v) is 1.78. The van der Waals surface area contributed by atoms with Gasteiger partial charge in [-0.3, -0.25) is 4.79 Å². The number of methoxy groups -OCH3 is 1. The van der Waals surface area contributed by atoms with Crippen LogP contribution in [0.2, 0.25) is 0 Å². The predicted molar refractivity (Wildman–Crippen MR) is 53.9 cm³/mol. The van der Waals surface area contributed by atoms with E-state index < -0.39 is 6.43 Å². The van der Waals surface area contributed by atoms with Crippen LogP contribution in [0, 0.1) is 3.70 Å². The fourth-order valence-electron chi connectivity index (χ4n) is 0.965. The number of hydrogen-bond donors (Lipinski definition) is 0. The van der Waals surface area contributed by atoms with Gasteiger partial charge in [-0.15, -0.1) is 0 Å². The van der Waals surface area contributed by atoms with Crippen molar-refractivity contribution in [2.24, 2.45) is 0 Å². The molecule has 0 N–H and O–H groups in total. The Kier molecular flexibility index (Phi) is 3.73. The minimum atomic E-state index is -2.68. The summed E-state index contributed by atoms with van der Waals surface area (Å²) in [5.74, 6) is 0.0196. The number of aldehydes is 1. The van der Waals surface area contributed by atoms with Crippen LogP contribution >= 0.6 is 22.6 Å². The van der Waals surface area contributed by atoms with Crippen molar-refractivity contribution in [1.82, 2.24) is 4.98 Å². The zero-order valence-corrected chi connectivity index (χ0v) is 9.29. The molecule has 1 aromatic heterocycles. The van der Waals surface area contributed by atoms with Gasteiger partial charge in [0.25, 0.3) is 6.43 Å². The molecular formula is C8H6F2INO2. The molecule has 0 amide bonds. The number of carbonyl (C=O) groups excluding carboxylic acids is 1. The van der Waals surface area contributed by atoms with Gasteiger partial charge in [-0.05, 0) is 28.7 Å². The van der Waals surface area contributed by atoms with Gasteiger partial charge in [0.2, 0.25) is 0 Å². The fraction of sp³-hybridized carbons (Fsp3) is 0.250. The van der Waals surface area contributed by atoms with E-state index in [0.717, 1.165) is 6.07 Å². The maximum atomic E-state index is 12.5. The normalized spacial score (nSPS) is 10.4. The summed E-state index contributed by atoms with van der Waals surface area (Å²) in [7, 11) is 1.28. The number of halogens is 3. The van der Waals surface area contributed by atoms with Crippen LogP contribution < -0.4 is 4.74 Å². The van der Waals surface area contributed by atoms with Crippen LogP contribution in [0.3, 0.4) is 0 Å². The van der Waals surface area contributed by atoms with Gasteiger partial charge < -0.3 is 4.74 Å². The van der Waals surface area contributed by atoms with Gasteiger partial charge >= 0.3 is 0 Å². The lowest BCUT2D eigenvalue weighted by Gasteiger charge is -2.09. The van der Waals surface area contributed by atoms with E-state index in [1.807, 2.05) is 0 Å². The van der Waals surface area contributed by atoms with E-state index >= 15 is 0 Å². The van der Waals surface area contributed by atoms with Crippen molar-refractivity contribution in [3.8, 4) is 5.75 Å². The Morgan fingerprint density at radius 1 is 1.64 bits per heavy atom. The molecule has 0 unspecified atom stereocenters. The summed E-state index contributed by atoms with van der Waals surface area (Å²) in [5.41, 5.74) is -0.334. The molecule has 0 spiro atoms. The predicted octanol–water partition coefficient (Wildman–Crippen LogP) is 2.44. The Morgan fingerprint density at radius 2 is 2.29 bits per heavy atom. The summed E-state index contributed by atoms with van der Waals surface area (Å²) in [4.78, 5) is 14.1. The van der Waals surface area contributed by atoms with Gasteiger partial charge in [0.05, 0.1) is 12.7 Å². The molecule has 1 heterocycles. The smallest absolute Gasteiger partial charge is 0.267 e. The first kappa shape index (κ1) is 11.3. The number of rotatable bonds is 3. The summed E-state index contributed by atoms with van der Waals surface area (Å²) in [6.45, 7) is 0. The maximum Gasteiger partial charge on any atom is 0.267 e. The van der Waals surface area contributed by atoms with Crippen LogP contribution in [0.1, 0.15) is 22.5 Å². The lowest BCUT2D eigenvalue weighted by atomic mass is 10.2. The van der Waals surface area contributed by atoms with Crippen molar-refractivity contribution < 1.29 is 18.3 Å². The monoisotopic (exact) mass is 313 g/mol. The number of alkyl halides is 2. The molecule has 14 heavy (non-hydrogen) atoms. The minimum Gasteiger partial charge on any atom is -0.493 e. The maximum absolute atomic E-state index is 12.5. The first-order chi connectivity index (χ1) is 6.60. The molecule has 0 saturated carbocycles. The molecular weight excluding hydrogens is 307 g/mol. The molecule has 0 radical (unpaired) electrons. The molecule has 76 valence electrons. The third kappa shape index (κ3) is 2.17. The minimum absolute atomic E-state index is 0.0196. The van der Waals surface area contributed by atoms with Crippen molar-refractivity contribution in [2.75, 3.05) is 7.11 Å². The first-order valence-corrected chi connectivity index (χ1v) is 4.65. The van der Waals surface area contributed by atoms with E-state index in [4.69, 9.17) is 4.74 Å². The van der Waals surface area contributed by atoms with Crippen LogP contribution in [-0.4, -0.2) is 18.4 Å². The van der Waals surface area contributed by atoms with Crippen LogP contribution in [-0.2, 0) is 0 Å². The summed E-state index contributed by atoms with van der Waals surface area (Å²) >= 11 is 1.74. The summed E-state index contributed by atoms with van der Waals surface area (Å²) in [6, 6.07) is 1.03. The molecule has 1 rings (SSSR count). The highest BCUT2D eigenvalue weighted by Crippen LogP contribution is 2.32. The second-order valence-corrected chi connectivity index (χ2v) is 3.40. The van der Waals surface area contributed by atoms with Gasteiger partial charge in [0.15, 0.2) is 12.0 Å². The van der Waals surface area contributed by atoms with Crippen LogP contribution in [0.15, 0.2) is 6.07 Å². The first-order valence-electron chi connectivity index (χ1n) is 3.58. The average Bonchev–Trinajstić information content (AvgIpc) is 2.16. The average molecular weight is 313 g/mol. The number of nitrogens with zero attached hydrogens (tertiary/aromatic N) is 1. The molecule has 0 fully saturated rings. The van der Waals surface area contributed by atoms with E-state index in [1.54, 1.807) is 22.6 Å². The highest BCUT2D eigenvalue weighted by Gasteiger charge is 2.18. The molecule has 0 aliphatic carbocycles. The molecule has 1 aromatic rings. The number of ether oxygens (including phenoxy) is 1. The quantitative estimate of drug-likeness (QED) is 0.489. The van der Waals surface area contributed by atoms with Crippen molar-refractivity contribution in [3.05, 3.63) is 21.0 Å². The molecule has 0 aromatic carbocycles. The Balaban J connectivity index is 3.35. The Morgan fingerprint density at radius 3 is 2.71 bits per heavy atom. The van der Waals surface area contributed by atoms with Crippen LogP contribution in [0.25, 0.3) is 0 Å². The summed E-state index contributed by atoms with van der Waals surface area (Å²) in [5, 5.41) is 0. The highest BCUT2D eigenvalue weighted by atomic mass is 127. The van der Waals surface area contributed by atoms with Gasteiger partial charge in [0, 0.05) is 0 Å². The van der Waals surface area contributed by atoms with Crippen molar-refractivity contribution in [1.29, 1.82) is 0 Å². The molecule has 0 bridgehead atoms. The second kappa shape index (κ2) is 4.63. The number of aromatic nitrogens is 1. The van der Waals surface area contributed by atoms with Crippen LogP contribution in [0.5, 0.6) is 5.75 Å².